The summed E-state index contributed by atoms with van der Waals surface area (Å²) in [5.74, 6) is -0.686. The van der Waals surface area contributed by atoms with Crippen LogP contribution in [0.5, 0.6) is 0 Å². The third kappa shape index (κ3) is 8.61. The molecule has 1 fully saturated rings. The first kappa shape index (κ1) is 24.4. The van der Waals surface area contributed by atoms with Crippen molar-refractivity contribution in [2.24, 2.45) is 0 Å². The molecule has 0 saturated carbocycles. The molecular weight excluding hydrogens is 376 g/mol. The number of hydrogen-bond acceptors (Lipinski definition) is 9. The predicted octanol–water partition coefficient (Wildman–Crippen LogP) is -2.72. The topological polar surface area (TPSA) is 156 Å². The van der Waals surface area contributed by atoms with Gasteiger partial charge in [0.25, 0.3) is 0 Å². The maximum absolute atomic E-state index is 11.3. The van der Waals surface area contributed by atoms with E-state index in [0.29, 0.717) is 26.4 Å². The molecule has 0 bridgehead atoms. The van der Waals surface area contributed by atoms with E-state index in [2.05, 4.69) is 17.2 Å². The van der Waals surface area contributed by atoms with E-state index in [1.54, 1.807) is 0 Å². The summed E-state index contributed by atoms with van der Waals surface area (Å²) in [6.45, 7) is 5.74. The number of nitrogens with one attached hydrogen (secondary N) is 2. The lowest BCUT2D eigenvalue weighted by Crippen LogP contribution is -2.64. The molecule has 0 aromatic carbocycles. The highest BCUT2D eigenvalue weighted by Crippen LogP contribution is 2.22. The number of aliphatic hydroxyl groups excluding tert-OH is 3. The molecule has 11 nitrogen and oxygen atoms in total. The summed E-state index contributed by atoms with van der Waals surface area (Å²) in [6, 6.07) is -0.982. The first-order valence-electron chi connectivity index (χ1n) is 8.97. The van der Waals surface area contributed by atoms with Crippen LogP contribution in [0.15, 0.2) is 12.7 Å². The molecule has 0 aromatic rings. The Kier molecular flexibility index (Phi) is 11.8. The molecule has 1 aliphatic heterocycles. The first-order chi connectivity index (χ1) is 13.4. The van der Waals surface area contributed by atoms with Crippen molar-refractivity contribution in [1.29, 1.82) is 0 Å². The minimum Gasteiger partial charge on any atom is -0.394 e. The maximum Gasteiger partial charge on any atom is 0.243 e. The molecule has 5 atom stereocenters. The zero-order valence-corrected chi connectivity index (χ0v) is 15.9. The number of aliphatic hydroxyl groups is 3. The number of ether oxygens (including phenoxy) is 4. The molecule has 0 radical (unpaired) electrons. The second kappa shape index (κ2) is 13.6. The number of carbonyl (C=O) groups is 2. The van der Waals surface area contributed by atoms with E-state index in [4.69, 9.17) is 18.9 Å². The van der Waals surface area contributed by atoms with Crippen LogP contribution in [-0.2, 0) is 28.5 Å². The molecule has 2 amide bonds. The molecule has 1 rings (SSSR count). The Labute approximate surface area is 163 Å². The molecule has 162 valence electrons. The van der Waals surface area contributed by atoms with Gasteiger partial charge in [-0.15, -0.1) is 0 Å². The number of carbonyl (C=O) groups excluding carboxylic acids is 2. The van der Waals surface area contributed by atoms with Crippen molar-refractivity contribution in [2.45, 2.75) is 37.6 Å². The normalized spacial score (nSPS) is 27.2. The molecule has 0 aromatic heterocycles. The van der Waals surface area contributed by atoms with Gasteiger partial charge < -0.3 is 44.9 Å². The Hall–Kier alpha value is -1.60. The first-order valence-corrected chi connectivity index (χ1v) is 8.97. The van der Waals surface area contributed by atoms with Crippen LogP contribution in [0.1, 0.15) is 6.92 Å². The highest BCUT2D eigenvalue weighted by molar-refractivity contribution is 5.86. The summed E-state index contributed by atoms with van der Waals surface area (Å²) < 4.78 is 21.5. The van der Waals surface area contributed by atoms with Gasteiger partial charge in [0, 0.05) is 13.5 Å². The van der Waals surface area contributed by atoms with Crippen molar-refractivity contribution in [1.82, 2.24) is 10.6 Å². The van der Waals surface area contributed by atoms with Crippen molar-refractivity contribution in [3.63, 3.8) is 0 Å². The molecular formula is C17H30N2O9. The minimum atomic E-state index is -1.36. The monoisotopic (exact) mass is 406 g/mol. The molecule has 28 heavy (non-hydrogen) atoms. The average molecular weight is 406 g/mol. The van der Waals surface area contributed by atoms with Gasteiger partial charge in [-0.05, 0) is 6.08 Å². The molecule has 11 heteroatoms. The largest absolute Gasteiger partial charge is 0.394 e. The van der Waals surface area contributed by atoms with Crippen LogP contribution in [0.4, 0.5) is 0 Å². The predicted molar refractivity (Wildman–Crippen MR) is 96.2 cm³/mol. The Morgan fingerprint density at radius 3 is 2.36 bits per heavy atom. The fraction of sp³-hybridized carbons (Fsp3) is 0.765. The number of rotatable bonds is 13. The molecule has 1 aliphatic rings. The maximum atomic E-state index is 11.3. The van der Waals surface area contributed by atoms with Crippen LogP contribution in [-0.4, -0.2) is 104 Å². The van der Waals surface area contributed by atoms with E-state index in [1.807, 2.05) is 0 Å². The van der Waals surface area contributed by atoms with E-state index >= 15 is 0 Å². The summed E-state index contributed by atoms with van der Waals surface area (Å²) in [4.78, 5) is 22.2. The standard InChI is InChI=1S/C17H30N2O9/c1-3-13(22)18-4-5-25-6-7-26-8-9-27-17-14(19-11(2)21)16(24)15(23)12(10-20)28-17/h3,12,14-17,20,23-24H,1,4-10H2,2H3,(H,18,22)(H,19,21)/t12-,14-,15-,16-,17-/m1/s1. The summed E-state index contributed by atoms with van der Waals surface area (Å²) in [5, 5.41) is 34.3. The van der Waals surface area contributed by atoms with Crippen LogP contribution < -0.4 is 10.6 Å². The number of hydrogen-bond donors (Lipinski definition) is 5. The smallest absolute Gasteiger partial charge is 0.243 e. The van der Waals surface area contributed by atoms with E-state index in [-0.39, 0.29) is 19.1 Å². The van der Waals surface area contributed by atoms with Gasteiger partial charge in [-0.3, -0.25) is 9.59 Å². The van der Waals surface area contributed by atoms with Crippen LogP contribution in [0.3, 0.4) is 0 Å². The minimum absolute atomic E-state index is 0.0944. The van der Waals surface area contributed by atoms with Crippen molar-refractivity contribution in [3.05, 3.63) is 12.7 Å². The highest BCUT2D eigenvalue weighted by Gasteiger charge is 2.45. The fourth-order valence-corrected chi connectivity index (χ4v) is 2.48. The SMILES string of the molecule is C=CC(=O)NCCOCCOCCO[C@@H]1O[C@H](CO)[C@@H](O)[C@H](O)[C@H]1NC(C)=O. The average Bonchev–Trinajstić information content (AvgIpc) is 2.67. The Balaban J connectivity index is 2.23. The van der Waals surface area contributed by atoms with Gasteiger partial charge in [0.2, 0.25) is 11.8 Å². The van der Waals surface area contributed by atoms with Crippen molar-refractivity contribution in [3.8, 4) is 0 Å². The Morgan fingerprint density at radius 2 is 1.75 bits per heavy atom. The second-order valence-corrected chi connectivity index (χ2v) is 6.02. The van der Waals surface area contributed by atoms with Crippen molar-refractivity contribution >= 4 is 11.8 Å². The quantitative estimate of drug-likeness (QED) is 0.162. The molecule has 5 N–H and O–H groups in total. The van der Waals surface area contributed by atoms with Crippen LogP contribution >= 0.6 is 0 Å². The molecule has 0 spiro atoms. The lowest BCUT2D eigenvalue weighted by molar-refractivity contribution is -0.272. The fourth-order valence-electron chi connectivity index (χ4n) is 2.48. The van der Waals surface area contributed by atoms with Gasteiger partial charge in [-0.1, -0.05) is 6.58 Å². The van der Waals surface area contributed by atoms with E-state index in [9.17, 15) is 24.9 Å². The summed E-state index contributed by atoms with van der Waals surface area (Å²) in [6.07, 6.45) is -3.60. The van der Waals surface area contributed by atoms with Crippen molar-refractivity contribution in [2.75, 3.05) is 46.2 Å². The van der Waals surface area contributed by atoms with Gasteiger partial charge in [0.05, 0.1) is 39.6 Å². The van der Waals surface area contributed by atoms with Crippen molar-refractivity contribution < 1.29 is 43.9 Å². The molecule has 1 heterocycles. The Bertz CT molecular complexity index is 491. The van der Waals surface area contributed by atoms with E-state index in [1.165, 1.54) is 13.0 Å². The zero-order chi connectivity index (χ0) is 20.9. The number of amides is 2. The molecule has 0 unspecified atom stereocenters. The summed E-state index contributed by atoms with van der Waals surface area (Å²) in [7, 11) is 0. The van der Waals surface area contributed by atoms with Gasteiger partial charge in [-0.25, -0.2) is 0 Å². The van der Waals surface area contributed by atoms with E-state index in [0.717, 1.165) is 0 Å². The Morgan fingerprint density at radius 1 is 1.11 bits per heavy atom. The summed E-state index contributed by atoms with van der Waals surface area (Å²) >= 11 is 0. The van der Waals surface area contributed by atoms with Crippen LogP contribution in [0, 0.1) is 0 Å². The molecule has 1 saturated heterocycles. The third-order valence-electron chi connectivity index (χ3n) is 3.86. The molecule has 0 aliphatic carbocycles. The second-order valence-electron chi connectivity index (χ2n) is 6.02. The van der Waals surface area contributed by atoms with Crippen LogP contribution in [0.2, 0.25) is 0 Å². The van der Waals surface area contributed by atoms with Crippen LogP contribution in [0.25, 0.3) is 0 Å². The lowest BCUT2D eigenvalue weighted by Gasteiger charge is -2.42. The van der Waals surface area contributed by atoms with Gasteiger partial charge in [-0.2, -0.15) is 0 Å². The summed E-state index contributed by atoms with van der Waals surface area (Å²) in [5.41, 5.74) is 0. The van der Waals surface area contributed by atoms with Gasteiger partial charge in [0.1, 0.15) is 24.4 Å². The lowest BCUT2D eigenvalue weighted by atomic mass is 9.97. The van der Waals surface area contributed by atoms with E-state index < -0.39 is 43.2 Å². The third-order valence-corrected chi connectivity index (χ3v) is 3.86. The van der Waals surface area contributed by atoms with Gasteiger partial charge >= 0.3 is 0 Å². The highest BCUT2D eigenvalue weighted by atomic mass is 16.7. The van der Waals surface area contributed by atoms with Gasteiger partial charge in [0.15, 0.2) is 6.29 Å². The zero-order valence-electron chi connectivity index (χ0n) is 15.9.